The van der Waals surface area contributed by atoms with Gasteiger partial charge < -0.3 is 5.11 Å². The molecule has 1 aromatic carbocycles. The maximum Gasteiger partial charge on any atom is 0.356 e. The van der Waals surface area contributed by atoms with Gasteiger partial charge in [-0.3, -0.25) is 0 Å². The molecule has 2 aromatic rings. The molecule has 1 aliphatic rings. The van der Waals surface area contributed by atoms with Crippen molar-refractivity contribution in [2.45, 2.75) is 31.1 Å². The lowest BCUT2D eigenvalue weighted by Gasteiger charge is -2.19. The molecule has 21 heavy (non-hydrogen) atoms. The normalized spacial score (nSPS) is 17.5. The first-order valence-corrected chi connectivity index (χ1v) is 8.31. The van der Waals surface area contributed by atoms with Crippen molar-refractivity contribution in [2.24, 2.45) is 5.92 Å². The first kappa shape index (κ1) is 14.2. The summed E-state index contributed by atoms with van der Waals surface area (Å²) < 4.78 is 1.82. The van der Waals surface area contributed by atoms with Crippen LogP contribution in [0.1, 0.15) is 35.1 Å². The molecule has 0 saturated heterocycles. The molecule has 0 saturated carbocycles. The molecule has 0 spiro atoms. The van der Waals surface area contributed by atoms with E-state index in [0.29, 0.717) is 5.92 Å². The summed E-state index contributed by atoms with van der Waals surface area (Å²) in [6.07, 6.45) is 4.81. The number of benzene rings is 1. The molecule has 1 atom stereocenters. The SMILES string of the molecule is CSc1cccc(-n2nc(C(=O)O)c3c2CCC(C)C3)c1. The number of aromatic nitrogens is 2. The third-order valence-corrected chi connectivity index (χ3v) is 4.74. The van der Waals surface area contributed by atoms with Gasteiger partial charge in [0.1, 0.15) is 0 Å². The van der Waals surface area contributed by atoms with E-state index in [9.17, 15) is 9.90 Å². The predicted molar refractivity (Wildman–Crippen MR) is 83.5 cm³/mol. The molecule has 0 aliphatic heterocycles. The fraction of sp³-hybridized carbons (Fsp3) is 0.375. The summed E-state index contributed by atoms with van der Waals surface area (Å²) in [5.74, 6) is -0.411. The molecule has 0 fully saturated rings. The maximum atomic E-state index is 11.5. The lowest BCUT2D eigenvalue weighted by atomic mass is 9.87. The van der Waals surface area contributed by atoms with Crippen molar-refractivity contribution < 1.29 is 9.90 Å². The van der Waals surface area contributed by atoms with E-state index in [4.69, 9.17) is 0 Å². The van der Waals surface area contributed by atoms with Crippen LogP contribution in [-0.2, 0) is 12.8 Å². The Labute approximate surface area is 128 Å². The fourth-order valence-corrected chi connectivity index (χ4v) is 3.37. The van der Waals surface area contributed by atoms with Crippen molar-refractivity contribution in [1.29, 1.82) is 0 Å². The van der Waals surface area contributed by atoms with Crippen LogP contribution in [0.5, 0.6) is 0 Å². The number of carbonyl (C=O) groups is 1. The predicted octanol–water partition coefficient (Wildman–Crippen LogP) is 3.42. The second-order valence-corrected chi connectivity index (χ2v) is 6.42. The fourth-order valence-electron chi connectivity index (χ4n) is 2.92. The first-order chi connectivity index (χ1) is 10.1. The lowest BCUT2D eigenvalue weighted by molar-refractivity contribution is 0.0688. The highest BCUT2D eigenvalue weighted by Crippen LogP contribution is 2.30. The number of fused-ring (bicyclic) bond motifs is 1. The van der Waals surface area contributed by atoms with Crippen LogP contribution in [0, 0.1) is 5.92 Å². The zero-order valence-corrected chi connectivity index (χ0v) is 13.0. The maximum absolute atomic E-state index is 11.5. The van der Waals surface area contributed by atoms with E-state index >= 15 is 0 Å². The van der Waals surface area contributed by atoms with Gasteiger partial charge in [0.2, 0.25) is 0 Å². The molecule has 0 amide bonds. The quantitative estimate of drug-likeness (QED) is 0.883. The Kier molecular flexibility index (Phi) is 3.76. The molecule has 110 valence electrons. The van der Waals surface area contributed by atoms with Crippen LogP contribution in [0.25, 0.3) is 5.69 Å². The molecule has 1 N–H and O–H groups in total. The Hall–Kier alpha value is -1.75. The van der Waals surface area contributed by atoms with Gasteiger partial charge in [0.05, 0.1) is 5.69 Å². The van der Waals surface area contributed by atoms with Gasteiger partial charge >= 0.3 is 5.97 Å². The minimum absolute atomic E-state index is 0.214. The summed E-state index contributed by atoms with van der Waals surface area (Å²) in [5.41, 5.74) is 3.13. The van der Waals surface area contributed by atoms with E-state index in [1.165, 1.54) is 0 Å². The minimum Gasteiger partial charge on any atom is -0.476 e. The van der Waals surface area contributed by atoms with E-state index in [1.807, 2.05) is 29.1 Å². The van der Waals surface area contributed by atoms with E-state index in [2.05, 4.69) is 18.1 Å². The standard InChI is InChI=1S/C16H18N2O2S/c1-10-6-7-14-13(8-10)15(16(19)20)17-18(14)11-4-3-5-12(9-11)21-2/h3-5,9-10H,6-8H2,1-2H3,(H,19,20). The Bertz CT molecular complexity index is 694. The van der Waals surface area contributed by atoms with Crippen molar-refractivity contribution in [2.75, 3.05) is 6.26 Å². The summed E-state index contributed by atoms with van der Waals surface area (Å²) in [6.45, 7) is 2.17. The number of carboxylic acid groups (broad SMARTS) is 1. The average Bonchev–Trinajstić information content (AvgIpc) is 2.86. The highest BCUT2D eigenvalue weighted by atomic mass is 32.2. The molecule has 4 nitrogen and oxygen atoms in total. The van der Waals surface area contributed by atoms with Gasteiger partial charge in [-0.05, 0) is 49.6 Å². The van der Waals surface area contributed by atoms with E-state index in [-0.39, 0.29) is 5.69 Å². The van der Waals surface area contributed by atoms with Crippen LogP contribution in [0.15, 0.2) is 29.2 Å². The third kappa shape index (κ3) is 2.58. The van der Waals surface area contributed by atoms with E-state index in [1.54, 1.807) is 11.8 Å². The van der Waals surface area contributed by atoms with Crippen LogP contribution in [0.2, 0.25) is 0 Å². The molecule has 1 aliphatic carbocycles. The van der Waals surface area contributed by atoms with Crippen molar-refractivity contribution in [3.8, 4) is 5.69 Å². The number of rotatable bonds is 3. The molecule has 3 rings (SSSR count). The molecule has 0 bridgehead atoms. The zero-order chi connectivity index (χ0) is 15.0. The lowest BCUT2D eigenvalue weighted by Crippen LogP contribution is -2.14. The van der Waals surface area contributed by atoms with Crippen LogP contribution >= 0.6 is 11.8 Å². The van der Waals surface area contributed by atoms with Crippen molar-refractivity contribution in [3.05, 3.63) is 41.2 Å². The molecular formula is C16H18N2O2S. The van der Waals surface area contributed by atoms with Gasteiger partial charge in [0.25, 0.3) is 0 Å². The van der Waals surface area contributed by atoms with Gasteiger partial charge in [0.15, 0.2) is 5.69 Å². The summed E-state index contributed by atoms with van der Waals surface area (Å²) in [6, 6.07) is 8.07. The molecule has 5 heteroatoms. The minimum atomic E-state index is -0.930. The van der Waals surface area contributed by atoms with Crippen molar-refractivity contribution in [3.63, 3.8) is 0 Å². The van der Waals surface area contributed by atoms with Crippen LogP contribution in [0.4, 0.5) is 0 Å². The van der Waals surface area contributed by atoms with Gasteiger partial charge in [-0.25, -0.2) is 9.48 Å². The van der Waals surface area contributed by atoms with E-state index < -0.39 is 5.97 Å². The Morgan fingerprint density at radius 1 is 1.48 bits per heavy atom. The second-order valence-electron chi connectivity index (χ2n) is 5.54. The highest BCUT2D eigenvalue weighted by Gasteiger charge is 2.27. The molecule has 0 radical (unpaired) electrons. The highest BCUT2D eigenvalue weighted by molar-refractivity contribution is 7.98. The summed E-state index contributed by atoms with van der Waals surface area (Å²) >= 11 is 1.67. The number of carboxylic acids is 1. The van der Waals surface area contributed by atoms with Gasteiger partial charge in [-0.15, -0.1) is 11.8 Å². The Morgan fingerprint density at radius 2 is 2.29 bits per heavy atom. The number of nitrogens with zero attached hydrogens (tertiary/aromatic N) is 2. The molecule has 1 unspecified atom stereocenters. The van der Waals surface area contributed by atoms with Crippen LogP contribution in [-0.4, -0.2) is 27.1 Å². The Morgan fingerprint density at radius 3 is 3.00 bits per heavy atom. The smallest absolute Gasteiger partial charge is 0.356 e. The Balaban J connectivity index is 2.14. The number of aromatic carboxylic acids is 1. The van der Waals surface area contributed by atoms with Gasteiger partial charge in [0, 0.05) is 16.2 Å². The number of hydrogen-bond acceptors (Lipinski definition) is 3. The van der Waals surface area contributed by atoms with E-state index in [0.717, 1.165) is 41.1 Å². The molecule has 1 heterocycles. The van der Waals surface area contributed by atoms with Crippen molar-refractivity contribution >= 4 is 17.7 Å². The largest absolute Gasteiger partial charge is 0.476 e. The molecule has 1 aromatic heterocycles. The topological polar surface area (TPSA) is 55.1 Å². The summed E-state index contributed by atoms with van der Waals surface area (Å²) in [4.78, 5) is 12.6. The monoisotopic (exact) mass is 302 g/mol. The third-order valence-electron chi connectivity index (χ3n) is 4.02. The zero-order valence-electron chi connectivity index (χ0n) is 12.2. The summed E-state index contributed by atoms with van der Waals surface area (Å²) in [7, 11) is 0. The summed E-state index contributed by atoms with van der Waals surface area (Å²) in [5, 5.41) is 13.8. The second kappa shape index (κ2) is 5.56. The van der Waals surface area contributed by atoms with Gasteiger partial charge in [-0.2, -0.15) is 5.10 Å². The molecular weight excluding hydrogens is 284 g/mol. The number of hydrogen-bond donors (Lipinski definition) is 1. The van der Waals surface area contributed by atoms with Gasteiger partial charge in [-0.1, -0.05) is 13.0 Å². The first-order valence-electron chi connectivity index (χ1n) is 7.08. The average molecular weight is 302 g/mol. The number of thioether (sulfide) groups is 1. The van der Waals surface area contributed by atoms with Crippen molar-refractivity contribution in [1.82, 2.24) is 9.78 Å². The van der Waals surface area contributed by atoms with Crippen LogP contribution in [0.3, 0.4) is 0 Å². The van der Waals surface area contributed by atoms with Crippen LogP contribution < -0.4 is 0 Å².